The molecule has 1 aliphatic rings. The van der Waals surface area contributed by atoms with Crippen molar-refractivity contribution in [3.8, 4) is 12.0 Å². The zero-order chi connectivity index (χ0) is 28.3. The number of esters is 1. The van der Waals surface area contributed by atoms with Gasteiger partial charge in [0.15, 0.2) is 0 Å². The highest BCUT2D eigenvalue weighted by molar-refractivity contribution is 5.94. The Bertz CT molecular complexity index is 896. The molecule has 39 heavy (non-hydrogen) atoms. The van der Waals surface area contributed by atoms with E-state index < -0.39 is 5.97 Å². The number of carbonyl (C=O) groups is 2. The summed E-state index contributed by atoms with van der Waals surface area (Å²) in [6, 6.07) is 8.71. The van der Waals surface area contributed by atoms with Gasteiger partial charge in [0.2, 0.25) is 0 Å². The van der Waals surface area contributed by atoms with Gasteiger partial charge in [-0.15, -0.1) is 0 Å². The molecule has 218 valence electrons. The second-order valence-corrected chi connectivity index (χ2v) is 9.50. The molecule has 1 saturated heterocycles. The third kappa shape index (κ3) is 13.8. The number of hydrogen-bond acceptors (Lipinski definition) is 11. The molecule has 1 heterocycles. The van der Waals surface area contributed by atoms with Gasteiger partial charge in [0, 0.05) is 76.9 Å². The predicted molar refractivity (Wildman–Crippen MR) is 145 cm³/mol. The molecule has 1 aromatic carbocycles. The Morgan fingerprint density at radius 3 is 2.05 bits per heavy atom. The van der Waals surface area contributed by atoms with E-state index in [-0.39, 0.29) is 38.4 Å². The Labute approximate surface area is 231 Å². The van der Waals surface area contributed by atoms with Gasteiger partial charge < -0.3 is 20.3 Å². The average Bonchev–Trinajstić information content (AvgIpc) is 2.95. The molecule has 2 rings (SSSR count). The van der Waals surface area contributed by atoms with Crippen molar-refractivity contribution in [2.24, 2.45) is 0 Å². The fourth-order valence-electron chi connectivity index (χ4n) is 4.00. The molecule has 0 saturated carbocycles. The first kappa shape index (κ1) is 32.6. The van der Waals surface area contributed by atoms with Crippen molar-refractivity contribution in [3.63, 3.8) is 0 Å². The van der Waals surface area contributed by atoms with Gasteiger partial charge in [-0.3, -0.25) is 34.4 Å². The van der Waals surface area contributed by atoms with Crippen molar-refractivity contribution in [1.29, 1.82) is 0 Å². The average molecular weight is 550 g/mol. The summed E-state index contributed by atoms with van der Waals surface area (Å²) in [5.74, 6) is 2.27. The summed E-state index contributed by atoms with van der Waals surface area (Å²) in [6.45, 7) is 7.97. The fraction of sp³-hybridized carbons (Fsp3) is 0.630. The van der Waals surface area contributed by atoms with Gasteiger partial charge in [0.1, 0.15) is 6.11 Å². The molecule has 0 aromatic heterocycles. The van der Waals surface area contributed by atoms with E-state index in [1.165, 1.54) is 0 Å². The maximum absolute atomic E-state index is 12.2. The Morgan fingerprint density at radius 1 is 0.923 bits per heavy atom. The lowest BCUT2D eigenvalue weighted by molar-refractivity contribution is -0.244. The number of carbonyl (C=O) groups excluding carboxylic acids is 2. The number of rotatable bonds is 11. The van der Waals surface area contributed by atoms with Crippen LogP contribution in [0, 0.1) is 12.0 Å². The first-order valence-corrected chi connectivity index (χ1v) is 13.4. The maximum atomic E-state index is 12.2. The number of nitrogens with one attached hydrogen (secondary N) is 1. The van der Waals surface area contributed by atoms with Crippen molar-refractivity contribution in [3.05, 3.63) is 35.9 Å². The minimum absolute atomic E-state index is 0.0642. The summed E-state index contributed by atoms with van der Waals surface area (Å²) < 4.78 is 5.08. The number of hydrogen-bond donors (Lipinski definition) is 4. The van der Waals surface area contributed by atoms with Crippen LogP contribution in [0.3, 0.4) is 0 Å². The first-order chi connectivity index (χ1) is 18.9. The number of aliphatic hydroxyl groups is 2. The lowest BCUT2D eigenvalue weighted by Crippen LogP contribution is -2.46. The number of amides is 1. The van der Waals surface area contributed by atoms with Crippen LogP contribution < -0.4 is 5.32 Å². The van der Waals surface area contributed by atoms with Gasteiger partial charge in [0.25, 0.3) is 5.91 Å². The second-order valence-electron chi connectivity index (χ2n) is 9.50. The van der Waals surface area contributed by atoms with Crippen molar-refractivity contribution in [2.75, 3.05) is 85.5 Å². The van der Waals surface area contributed by atoms with Crippen LogP contribution in [-0.4, -0.2) is 139 Å². The van der Waals surface area contributed by atoms with E-state index in [9.17, 15) is 19.8 Å². The first-order valence-electron chi connectivity index (χ1n) is 13.4. The number of benzene rings is 1. The molecule has 4 N–H and O–H groups in total. The van der Waals surface area contributed by atoms with Crippen LogP contribution in [0.25, 0.3) is 0 Å². The van der Waals surface area contributed by atoms with Crippen molar-refractivity contribution >= 4 is 11.9 Å². The standard InChI is InChI=1S/C27H43N5O7/c1-24(28-27(36)25-6-3-2-4-7-25)8-9-26(35)38-20-5-10-29-11-12-30(19-21-39-37)14-16-32(23-34)18-17-31(22-33)15-13-29/h2-4,6-7,24,33-34,37H,8-19,21-23H2,1H3,(H,28,36). The molecule has 1 aliphatic heterocycles. The fourth-order valence-corrected chi connectivity index (χ4v) is 4.00. The van der Waals surface area contributed by atoms with Crippen LogP contribution in [0.5, 0.6) is 0 Å². The molecule has 0 aliphatic carbocycles. The molecule has 1 atom stereocenters. The highest BCUT2D eigenvalue weighted by Crippen LogP contribution is 2.03. The summed E-state index contributed by atoms with van der Waals surface area (Å²) in [7, 11) is 0. The summed E-state index contributed by atoms with van der Waals surface area (Å²) in [5.41, 5.74) is 0.568. The zero-order valence-corrected chi connectivity index (χ0v) is 22.8. The van der Waals surface area contributed by atoms with Gasteiger partial charge in [0.05, 0.1) is 26.6 Å². The molecule has 0 bridgehead atoms. The molecule has 1 fully saturated rings. The van der Waals surface area contributed by atoms with E-state index in [0.29, 0.717) is 77.4 Å². The predicted octanol–water partition coefficient (Wildman–Crippen LogP) is -0.300. The van der Waals surface area contributed by atoms with E-state index >= 15 is 0 Å². The van der Waals surface area contributed by atoms with E-state index in [2.05, 4.69) is 32.0 Å². The topological polar surface area (TPSA) is 138 Å². The Hall–Kier alpha value is -2.60. The molecule has 1 aromatic rings. The molecule has 0 radical (unpaired) electrons. The summed E-state index contributed by atoms with van der Waals surface area (Å²) in [5, 5.41) is 31.0. The van der Waals surface area contributed by atoms with Crippen molar-refractivity contribution < 1.29 is 34.7 Å². The van der Waals surface area contributed by atoms with E-state index in [4.69, 9.17) is 9.99 Å². The van der Waals surface area contributed by atoms with Crippen LogP contribution in [0.1, 0.15) is 30.1 Å². The summed E-state index contributed by atoms with van der Waals surface area (Å²) in [4.78, 5) is 36.7. The number of ether oxygens (including phenoxy) is 1. The minimum atomic E-state index is -0.452. The molecule has 12 nitrogen and oxygen atoms in total. The zero-order valence-electron chi connectivity index (χ0n) is 22.8. The lowest BCUT2D eigenvalue weighted by atomic mass is 10.1. The highest BCUT2D eigenvalue weighted by atomic mass is 17.1. The number of nitrogens with zero attached hydrogens (tertiary/aromatic N) is 4. The SMILES string of the molecule is CC(CCC(=O)OC#CCN1CCN(CO)CCN(CO)CCN(CCOO)CC1)NC(=O)c1ccccc1. The normalized spacial score (nSPS) is 17.7. The lowest BCUT2D eigenvalue weighted by Gasteiger charge is -2.32. The monoisotopic (exact) mass is 549 g/mol. The largest absolute Gasteiger partial charge is 0.381 e. The maximum Gasteiger partial charge on any atom is 0.319 e. The van der Waals surface area contributed by atoms with Gasteiger partial charge >= 0.3 is 5.97 Å². The second kappa shape index (κ2) is 19.5. The van der Waals surface area contributed by atoms with E-state index in [1.54, 1.807) is 24.3 Å². The third-order valence-corrected chi connectivity index (χ3v) is 6.56. The minimum Gasteiger partial charge on any atom is -0.381 e. The summed E-state index contributed by atoms with van der Waals surface area (Å²) >= 11 is 0. The number of aliphatic hydroxyl groups excluding tert-OH is 2. The summed E-state index contributed by atoms with van der Waals surface area (Å²) in [6.07, 6.45) is 3.07. The Morgan fingerprint density at radius 2 is 1.49 bits per heavy atom. The van der Waals surface area contributed by atoms with Gasteiger partial charge in [-0.05, 0) is 31.4 Å². The van der Waals surface area contributed by atoms with Crippen molar-refractivity contribution in [2.45, 2.75) is 25.8 Å². The van der Waals surface area contributed by atoms with Gasteiger partial charge in [-0.25, -0.2) is 4.89 Å². The van der Waals surface area contributed by atoms with E-state index in [1.807, 2.05) is 22.8 Å². The molecule has 0 spiro atoms. The smallest absolute Gasteiger partial charge is 0.319 e. The third-order valence-electron chi connectivity index (χ3n) is 6.56. The van der Waals surface area contributed by atoms with Crippen LogP contribution in [0.4, 0.5) is 0 Å². The van der Waals surface area contributed by atoms with Crippen LogP contribution in [-0.2, 0) is 14.4 Å². The quantitative estimate of drug-likeness (QED) is 0.125. The molecule has 1 unspecified atom stereocenters. The van der Waals surface area contributed by atoms with Crippen LogP contribution >= 0.6 is 0 Å². The molecular formula is C27H43N5O7. The molecule has 12 heteroatoms. The molecular weight excluding hydrogens is 506 g/mol. The van der Waals surface area contributed by atoms with Crippen LogP contribution in [0.2, 0.25) is 0 Å². The Kier molecular flexibility index (Phi) is 16.3. The Balaban J connectivity index is 1.82. The van der Waals surface area contributed by atoms with Gasteiger partial charge in [-0.2, -0.15) is 0 Å². The highest BCUT2D eigenvalue weighted by Gasteiger charge is 2.16. The van der Waals surface area contributed by atoms with Gasteiger partial charge in [-0.1, -0.05) is 18.2 Å². The van der Waals surface area contributed by atoms with Crippen LogP contribution in [0.15, 0.2) is 30.3 Å². The molecule has 1 amide bonds. The van der Waals surface area contributed by atoms with E-state index in [0.717, 1.165) is 0 Å². The van der Waals surface area contributed by atoms with Crippen molar-refractivity contribution in [1.82, 2.24) is 24.9 Å².